The predicted octanol–water partition coefficient (Wildman–Crippen LogP) is 15.0. The van der Waals surface area contributed by atoms with E-state index in [0.29, 0.717) is 11.3 Å². The summed E-state index contributed by atoms with van der Waals surface area (Å²) >= 11 is 0. The molecule has 0 bridgehead atoms. The van der Waals surface area contributed by atoms with Gasteiger partial charge in [0.25, 0.3) is 0 Å². The number of rotatable bonds is 12. The Morgan fingerprint density at radius 1 is 0.417 bits per heavy atom. The molecule has 2 N–H and O–H groups in total. The number of halogens is 2. The maximum Gasteiger partial charge on any atom is 0.165 e. The molecule has 60 heavy (non-hydrogen) atoms. The molecule has 0 saturated heterocycles. The van der Waals surface area contributed by atoms with E-state index in [9.17, 15) is 0 Å². The Bertz CT molecular complexity index is 2640. The van der Waals surface area contributed by atoms with Crippen LogP contribution in [0.1, 0.15) is 119 Å². The summed E-state index contributed by atoms with van der Waals surface area (Å²) in [5.74, 6) is -2.23. The van der Waals surface area contributed by atoms with Crippen LogP contribution in [0.4, 0.5) is 20.2 Å². The lowest BCUT2D eigenvalue weighted by atomic mass is 9.78. The molecule has 2 unspecified atom stereocenters. The molecule has 2 atom stereocenters. The van der Waals surface area contributed by atoms with Gasteiger partial charge in [0.2, 0.25) is 0 Å². The van der Waals surface area contributed by atoms with Gasteiger partial charge in [-0.3, -0.25) is 0 Å². The van der Waals surface area contributed by atoms with Crippen molar-refractivity contribution in [2.75, 3.05) is 10.6 Å². The van der Waals surface area contributed by atoms with Crippen molar-refractivity contribution in [1.82, 2.24) is 0 Å². The van der Waals surface area contributed by atoms with Gasteiger partial charge in [-0.1, -0.05) is 204 Å². The minimum absolute atomic E-state index is 0.254. The minimum atomic E-state index is -0.877. The standard InChI is InChI=1S/C56H50F2N2/c1-35(2)42-30-19-31-43(36(3)4)53(42)59-55-44-32-17-28-41-29-18-33-45(50(41)44)56(55)60-54-46(48(37-20-9-5-10-21-37)38-22-11-6-12-23-38)34-47(57)52(58)51(54)49(39-24-13-7-14-25-39)40-26-15-8-16-27-40/h5-36,48-49,55-56,59-60H,1-4H3. The van der Waals surface area contributed by atoms with Gasteiger partial charge in [-0.15, -0.1) is 0 Å². The first-order chi connectivity index (χ1) is 29.3. The first kappa shape index (κ1) is 39.0. The molecule has 8 aromatic carbocycles. The average Bonchev–Trinajstić information content (AvgIpc) is 3.57. The van der Waals surface area contributed by atoms with Gasteiger partial charge < -0.3 is 10.6 Å². The summed E-state index contributed by atoms with van der Waals surface area (Å²) in [6.45, 7) is 8.96. The quantitative estimate of drug-likeness (QED) is 0.121. The third-order valence-electron chi connectivity index (χ3n) is 12.4. The largest absolute Gasteiger partial charge is 0.375 e. The first-order valence-electron chi connectivity index (χ1n) is 21.2. The second-order valence-electron chi connectivity index (χ2n) is 16.7. The molecular formula is C56H50F2N2. The number of benzene rings is 8. The first-order valence-corrected chi connectivity index (χ1v) is 21.2. The average molecular weight is 789 g/mol. The monoisotopic (exact) mass is 788 g/mol. The van der Waals surface area contributed by atoms with Gasteiger partial charge in [-0.25, -0.2) is 8.78 Å². The van der Waals surface area contributed by atoms with Crippen molar-refractivity contribution in [2.45, 2.75) is 63.5 Å². The van der Waals surface area contributed by atoms with Crippen molar-refractivity contribution in [3.05, 3.63) is 249 Å². The molecule has 0 radical (unpaired) electrons. The highest BCUT2D eigenvalue weighted by atomic mass is 19.2. The Kier molecular flexibility index (Phi) is 10.8. The topological polar surface area (TPSA) is 24.1 Å². The summed E-state index contributed by atoms with van der Waals surface area (Å²) < 4.78 is 34.5. The maximum atomic E-state index is 17.6. The van der Waals surface area contributed by atoms with Gasteiger partial charge in [-0.2, -0.15) is 0 Å². The molecular weight excluding hydrogens is 739 g/mol. The van der Waals surface area contributed by atoms with Crippen molar-refractivity contribution in [3.8, 4) is 0 Å². The molecule has 0 aliphatic heterocycles. The van der Waals surface area contributed by atoms with Crippen LogP contribution in [0.5, 0.6) is 0 Å². The smallest absolute Gasteiger partial charge is 0.165 e. The van der Waals surface area contributed by atoms with Crippen LogP contribution in [0.15, 0.2) is 182 Å². The SMILES string of the molecule is CC(C)c1cccc(C(C)C)c1NC1c2cccc3cccc(c23)C1Nc1c(C(c2ccccc2)c2ccccc2)cc(F)c(F)c1C(c1ccccc1)c1ccccc1. The van der Waals surface area contributed by atoms with E-state index in [1.807, 2.05) is 97.1 Å². The Labute approximate surface area is 353 Å². The molecule has 0 saturated carbocycles. The van der Waals surface area contributed by atoms with Crippen molar-refractivity contribution >= 4 is 22.1 Å². The van der Waals surface area contributed by atoms with E-state index in [0.717, 1.165) is 38.9 Å². The molecule has 8 aromatic rings. The zero-order chi connectivity index (χ0) is 41.3. The van der Waals surface area contributed by atoms with Crippen LogP contribution in [-0.2, 0) is 0 Å². The van der Waals surface area contributed by atoms with Crippen LogP contribution < -0.4 is 10.6 Å². The second kappa shape index (κ2) is 16.6. The number of anilines is 2. The molecule has 1 aliphatic rings. The predicted molar refractivity (Wildman–Crippen MR) is 245 cm³/mol. The van der Waals surface area contributed by atoms with Crippen molar-refractivity contribution in [2.24, 2.45) is 0 Å². The van der Waals surface area contributed by atoms with Crippen molar-refractivity contribution in [3.63, 3.8) is 0 Å². The van der Waals surface area contributed by atoms with Crippen molar-refractivity contribution in [1.29, 1.82) is 0 Å². The highest BCUT2D eigenvalue weighted by Crippen LogP contribution is 2.52. The van der Waals surface area contributed by atoms with E-state index in [1.54, 1.807) is 0 Å². The fourth-order valence-corrected chi connectivity index (χ4v) is 9.61. The van der Waals surface area contributed by atoms with Crippen LogP contribution in [0.25, 0.3) is 10.8 Å². The molecule has 0 spiro atoms. The third kappa shape index (κ3) is 7.15. The molecule has 0 heterocycles. The van der Waals surface area contributed by atoms with E-state index in [2.05, 4.69) is 117 Å². The van der Waals surface area contributed by atoms with Crippen molar-refractivity contribution < 1.29 is 8.78 Å². The summed E-state index contributed by atoms with van der Waals surface area (Å²) in [5, 5.41) is 10.6. The lowest BCUT2D eigenvalue weighted by Gasteiger charge is -2.34. The Morgan fingerprint density at radius 2 is 0.817 bits per heavy atom. The van der Waals surface area contributed by atoms with Gasteiger partial charge in [0, 0.05) is 28.8 Å². The Morgan fingerprint density at radius 3 is 1.25 bits per heavy atom. The van der Waals surface area contributed by atoms with Crippen LogP contribution in [0.3, 0.4) is 0 Å². The summed E-state index contributed by atoms with van der Waals surface area (Å²) in [4.78, 5) is 0. The number of hydrogen-bond donors (Lipinski definition) is 2. The molecule has 9 rings (SSSR count). The lowest BCUT2D eigenvalue weighted by molar-refractivity contribution is 0.495. The Balaban J connectivity index is 1.35. The number of hydrogen-bond acceptors (Lipinski definition) is 2. The highest BCUT2D eigenvalue weighted by molar-refractivity contribution is 5.93. The normalized spacial score (nSPS) is 14.8. The van der Waals surface area contributed by atoms with Crippen LogP contribution in [-0.4, -0.2) is 0 Å². The number of nitrogens with one attached hydrogen (secondary N) is 2. The van der Waals surface area contributed by atoms with E-state index in [-0.39, 0.29) is 29.5 Å². The maximum absolute atomic E-state index is 17.6. The van der Waals surface area contributed by atoms with E-state index in [4.69, 9.17) is 0 Å². The van der Waals surface area contributed by atoms with Crippen LogP contribution >= 0.6 is 0 Å². The van der Waals surface area contributed by atoms with E-state index < -0.39 is 23.5 Å². The molecule has 298 valence electrons. The molecule has 4 heteroatoms. The summed E-state index contributed by atoms with van der Waals surface area (Å²) in [6, 6.07) is 60.7. The molecule has 0 aromatic heterocycles. The third-order valence-corrected chi connectivity index (χ3v) is 12.4. The zero-order valence-electron chi connectivity index (χ0n) is 34.5. The fourth-order valence-electron chi connectivity index (χ4n) is 9.61. The lowest BCUT2D eigenvalue weighted by Crippen LogP contribution is -2.26. The molecule has 2 nitrogen and oxygen atoms in total. The zero-order valence-corrected chi connectivity index (χ0v) is 34.5. The van der Waals surface area contributed by atoms with Crippen LogP contribution in [0, 0.1) is 11.6 Å². The number of para-hydroxylation sites is 1. The van der Waals surface area contributed by atoms with Crippen LogP contribution in [0.2, 0.25) is 0 Å². The summed E-state index contributed by atoms with van der Waals surface area (Å²) in [5.41, 5.74) is 11.2. The van der Waals surface area contributed by atoms with Gasteiger partial charge in [0.05, 0.1) is 12.1 Å². The molecule has 1 aliphatic carbocycles. The van der Waals surface area contributed by atoms with Gasteiger partial charge >= 0.3 is 0 Å². The van der Waals surface area contributed by atoms with Gasteiger partial charge in [0.1, 0.15) is 0 Å². The fraction of sp³-hybridized carbons (Fsp3) is 0.179. The summed E-state index contributed by atoms with van der Waals surface area (Å²) in [7, 11) is 0. The minimum Gasteiger partial charge on any atom is -0.375 e. The van der Waals surface area contributed by atoms with Gasteiger partial charge in [-0.05, 0) is 78.7 Å². The van der Waals surface area contributed by atoms with E-state index >= 15 is 8.78 Å². The molecule has 0 fully saturated rings. The van der Waals surface area contributed by atoms with E-state index in [1.165, 1.54) is 28.1 Å². The highest BCUT2D eigenvalue weighted by Gasteiger charge is 2.39. The summed E-state index contributed by atoms with van der Waals surface area (Å²) in [6.07, 6.45) is 0. The molecule has 0 amide bonds. The second-order valence-corrected chi connectivity index (χ2v) is 16.7. The Hall–Kier alpha value is -6.52. The van der Waals surface area contributed by atoms with Gasteiger partial charge in [0.15, 0.2) is 11.6 Å².